The van der Waals surface area contributed by atoms with Crippen LogP contribution in [0.15, 0.2) is 49.2 Å². The number of halogens is 1. The highest BCUT2D eigenvalue weighted by molar-refractivity contribution is 5.63. The number of pyridine rings is 1. The van der Waals surface area contributed by atoms with Crippen molar-refractivity contribution in [1.82, 2.24) is 24.1 Å². The Balaban J connectivity index is 1.68. The zero-order chi connectivity index (χ0) is 18.1. The van der Waals surface area contributed by atoms with Crippen LogP contribution in [0.25, 0.3) is 11.3 Å². The molecule has 0 unspecified atom stereocenters. The number of aromatic nitrogens is 5. The second-order valence-corrected chi connectivity index (χ2v) is 5.82. The third-order valence-electron chi connectivity index (χ3n) is 4.17. The summed E-state index contributed by atoms with van der Waals surface area (Å²) in [7, 11) is 1.53. The molecule has 1 aromatic carbocycles. The number of aryl methyl sites for hydroxylation is 1. The SMILES string of the molecule is COc1cccc(F)c1CNc1ccc(-n2cnc(C)c2)c2nncn12. The topological polar surface area (TPSA) is 69.3 Å². The zero-order valence-corrected chi connectivity index (χ0v) is 14.3. The van der Waals surface area contributed by atoms with Crippen molar-refractivity contribution in [2.24, 2.45) is 0 Å². The fourth-order valence-corrected chi connectivity index (χ4v) is 2.88. The number of ether oxygens (including phenoxy) is 1. The lowest BCUT2D eigenvalue weighted by molar-refractivity contribution is 0.405. The van der Waals surface area contributed by atoms with Crippen LogP contribution in [0.3, 0.4) is 0 Å². The van der Waals surface area contributed by atoms with E-state index in [1.165, 1.54) is 13.2 Å². The average Bonchev–Trinajstić information content (AvgIpc) is 3.29. The van der Waals surface area contributed by atoms with Crippen LogP contribution in [0.4, 0.5) is 10.2 Å². The smallest absolute Gasteiger partial charge is 0.186 e. The molecule has 0 saturated carbocycles. The van der Waals surface area contributed by atoms with Crippen LogP contribution in [0.5, 0.6) is 5.75 Å². The Bertz CT molecular complexity index is 1070. The number of hydrogen-bond donors (Lipinski definition) is 1. The van der Waals surface area contributed by atoms with Gasteiger partial charge in [0.05, 0.1) is 24.8 Å². The van der Waals surface area contributed by atoms with Gasteiger partial charge in [-0.25, -0.2) is 9.37 Å². The van der Waals surface area contributed by atoms with Crippen LogP contribution in [-0.2, 0) is 6.54 Å². The van der Waals surface area contributed by atoms with Crippen molar-refractivity contribution in [1.29, 1.82) is 0 Å². The molecule has 0 atom stereocenters. The van der Waals surface area contributed by atoms with Gasteiger partial charge in [-0.3, -0.25) is 4.40 Å². The van der Waals surface area contributed by atoms with E-state index in [9.17, 15) is 4.39 Å². The van der Waals surface area contributed by atoms with Crippen LogP contribution in [0, 0.1) is 12.7 Å². The summed E-state index contributed by atoms with van der Waals surface area (Å²) in [5, 5.41) is 11.4. The number of benzene rings is 1. The van der Waals surface area contributed by atoms with Crippen molar-refractivity contribution in [3.05, 3.63) is 66.3 Å². The van der Waals surface area contributed by atoms with Gasteiger partial charge in [0, 0.05) is 18.3 Å². The number of hydrogen-bond acceptors (Lipinski definition) is 5. The maximum absolute atomic E-state index is 14.1. The molecular formula is C18H17FN6O. The van der Waals surface area contributed by atoms with E-state index in [1.54, 1.807) is 24.8 Å². The minimum absolute atomic E-state index is 0.270. The second kappa shape index (κ2) is 6.47. The van der Waals surface area contributed by atoms with Gasteiger partial charge in [-0.05, 0) is 31.2 Å². The molecule has 26 heavy (non-hydrogen) atoms. The van der Waals surface area contributed by atoms with E-state index >= 15 is 0 Å². The van der Waals surface area contributed by atoms with Crippen molar-refractivity contribution in [2.75, 3.05) is 12.4 Å². The number of nitrogens with one attached hydrogen (secondary N) is 1. The summed E-state index contributed by atoms with van der Waals surface area (Å²) in [5.74, 6) is 0.932. The molecule has 8 heteroatoms. The largest absolute Gasteiger partial charge is 0.496 e. The Hall–Kier alpha value is -3.42. The molecule has 0 bridgehead atoms. The van der Waals surface area contributed by atoms with Crippen molar-refractivity contribution in [3.63, 3.8) is 0 Å². The summed E-state index contributed by atoms with van der Waals surface area (Å²) in [5.41, 5.74) is 2.91. The molecule has 4 aromatic rings. The van der Waals surface area contributed by atoms with E-state index in [4.69, 9.17) is 4.74 Å². The van der Waals surface area contributed by atoms with Crippen LogP contribution >= 0.6 is 0 Å². The van der Waals surface area contributed by atoms with Gasteiger partial charge in [0.2, 0.25) is 0 Å². The van der Waals surface area contributed by atoms with Crippen molar-refractivity contribution in [3.8, 4) is 11.4 Å². The van der Waals surface area contributed by atoms with Gasteiger partial charge in [-0.2, -0.15) is 0 Å². The maximum Gasteiger partial charge on any atom is 0.186 e. The molecule has 3 aromatic heterocycles. The lowest BCUT2D eigenvalue weighted by Crippen LogP contribution is -2.08. The van der Waals surface area contributed by atoms with E-state index < -0.39 is 0 Å². The Morgan fingerprint density at radius 3 is 2.85 bits per heavy atom. The first-order chi connectivity index (χ1) is 12.7. The lowest BCUT2D eigenvalue weighted by Gasteiger charge is -2.13. The quantitative estimate of drug-likeness (QED) is 0.598. The lowest BCUT2D eigenvalue weighted by atomic mass is 10.2. The fourth-order valence-electron chi connectivity index (χ4n) is 2.88. The Labute approximate surface area is 149 Å². The minimum atomic E-state index is -0.317. The summed E-state index contributed by atoms with van der Waals surface area (Å²) in [6, 6.07) is 8.59. The molecule has 0 aliphatic rings. The monoisotopic (exact) mass is 352 g/mol. The molecule has 0 fully saturated rings. The molecule has 4 rings (SSSR count). The molecule has 0 aliphatic heterocycles. The van der Waals surface area contributed by atoms with E-state index in [2.05, 4.69) is 20.5 Å². The summed E-state index contributed by atoms with van der Waals surface area (Å²) in [6.07, 6.45) is 5.27. The van der Waals surface area contributed by atoms with Crippen molar-refractivity contribution >= 4 is 11.5 Å². The highest BCUT2D eigenvalue weighted by Gasteiger charge is 2.12. The summed E-state index contributed by atoms with van der Waals surface area (Å²) < 4.78 is 23.1. The van der Waals surface area contributed by atoms with Crippen LogP contribution < -0.4 is 10.1 Å². The third-order valence-corrected chi connectivity index (χ3v) is 4.17. The first-order valence-electron chi connectivity index (χ1n) is 8.06. The number of rotatable bonds is 5. The molecule has 0 spiro atoms. The molecule has 0 amide bonds. The molecule has 1 N–H and O–H groups in total. The highest BCUT2D eigenvalue weighted by atomic mass is 19.1. The van der Waals surface area contributed by atoms with Gasteiger partial charge < -0.3 is 14.6 Å². The Morgan fingerprint density at radius 1 is 1.19 bits per heavy atom. The van der Waals surface area contributed by atoms with Crippen molar-refractivity contribution in [2.45, 2.75) is 13.5 Å². The summed E-state index contributed by atoms with van der Waals surface area (Å²) >= 11 is 0. The fraction of sp³-hybridized carbons (Fsp3) is 0.167. The molecule has 7 nitrogen and oxygen atoms in total. The third kappa shape index (κ3) is 2.75. The van der Waals surface area contributed by atoms with Crippen LogP contribution in [0.2, 0.25) is 0 Å². The second-order valence-electron chi connectivity index (χ2n) is 5.82. The normalized spacial score (nSPS) is 11.0. The van der Waals surface area contributed by atoms with E-state index in [0.29, 0.717) is 17.0 Å². The van der Waals surface area contributed by atoms with Crippen LogP contribution in [-0.4, -0.2) is 31.3 Å². The molecule has 3 heterocycles. The predicted octanol–water partition coefficient (Wildman–Crippen LogP) is 2.98. The average molecular weight is 352 g/mol. The number of nitrogens with zero attached hydrogens (tertiary/aromatic N) is 5. The van der Waals surface area contributed by atoms with Gasteiger partial charge in [0.25, 0.3) is 0 Å². The molecule has 132 valence electrons. The van der Waals surface area contributed by atoms with Gasteiger partial charge in [-0.1, -0.05) is 6.07 Å². The number of fused-ring (bicyclic) bond motifs is 1. The number of methoxy groups -OCH3 is 1. The standard InChI is InChI=1S/C18H17FN6O/c1-12-9-24(10-21-12)15-6-7-17(25-11-22-23-18(15)25)20-8-13-14(19)4-3-5-16(13)26-2/h3-7,9-11,20H,8H2,1-2H3. The number of anilines is 1. The Morgan fingerprint density at radius 2 is 2.08 bits per heavy atom. The highest BCUT2D eigenvalue weighted by Crippen LogP contribution is 2.24. The number of imidazole rings is 1. The van der Waals surface area contributed by atoms with Gasteiger partial charge in [0.15, 0.2) is 5.65 Å². The van der Waals surface area contributed by atoms with E-state index in [1.807, 2.05) is 34.2 Å². The minimum Gasteiger partial charge on any atom is -0.496 e. The zero-order valence-electron chi connectivity index (χ0n) is 14.3. The summed E-state index contributed by atoms with van der Waals surface area (Å²) in [6.45, 7) is 2.20. The van der Waals surface area contributed by atoms with Gasteiger partial charge in [0.1, 0.15) is 23.7 Å². The first kappa shape index (κ1) is 16.1. The van der Waals surface area contributed by atoms with Crippen molar-refractivity contribution < 1.29 is 9.13 Å². The van der Waals surface area contributed by atoms with Gasteiger partial charge >= 0.3 is 0 Å². The molecule has 0 saturated heterocycles. The maximum atomic E-state index is 14.1. The first-order valence-corrected chi connectivity index (χ1v) is 8.06. The Kier molecular flexibility index (Phi) is 4.00. The molecule has 0 radical (unpaired) electrons. The molecule has 0 aliphatic carbocycles. The molecular weight excluding hydrogens is 335 g/mol. The van der Waals surface area contributed by atoms with E-state index in [-0.39, 0.29) is 12.4 Å². The van der Waals surface area contributed by atoms with Gasteiger partial charge in [-0.15, -0.1) is 10.2 Å². The van der Waals surface area contributed by atoms with Crippen LogP contribution in [0.1, 0.15) is 11.3 Å². The van der Waals surface area contributed by atoms with E-state index in [0.717, 1.165) is 17.2 Å². The predicted molar refractivity (Wildman–Crippen MR) is 95.1 cm³/mol. The summed E-state index contributed by atoms with van der Waals surface area (Å²) in [4.78, 5) is 4.25.